The first-order valence-corrected chi connectivity index (χ1v) is 7.00. The SMILES string of the molecule is CNC(c1ccc2nc(C)ccc2c1)c1ncc(C)cn1. The maximum Gasteiger partial charge on any atom is 0.149 e. The fourth-order valence-electron chi connectivity index (χ4n) is 2.42. The van der Waals surface area contributed by atoms with E-state index in [1.54, 1.807) is 0 Å². The Hall–Kier alpha value is -2.33. The minimum atomic E-state index is -0.0173. The zero-order chi connectivity index (χ0) is 14.8. The van der Waals surface area contributed by atoms with Crippen molar-refractivity contribution in [3.05, 3.63) is 65.4 Å². The quantitative estimate of drug-likeness (QED) is 0.800. The summed E-state index contributed by atoms with van der Waals surface area (Å²) in [7, 11) is 1.92. The van der Waals surface area contributed by atoms with Gasteiger partial charge in [-0.05, 0) is 50.2 Å². The molecule has 2 aromatic heterocycles. The number of aromatic nitrogens is 3. The largest absolute Gasteiger partial charge is 0.307 e. The Bertz CT molecular complexity index is 765. The van der Waals surface area contributed by atoms with Crippen molar-refractivity contribution in [3.63, 3.8) is 0 Å². The number of hydrogen-bond donors (Lipinski definition) is 1. The number of nitrogens with one attached hydrogen (secondary N) is 1. The second-order valence-corrected chi connectivity index (χ2v) is 5.25. The average molecular weight is 278 g/mol. The lowest BCUT2D eigenvalue weighted by molar-refractivity contribution is 0.646. The summed E-state index contributed by atoms with van der Waals surface area (Å²) in [6, 6.07) is 10.4. The Morgan fingerprint density at radius 3 is 2.48 bits per heavy atom. The van der Waals surface area contributed by atoms with Crippen LogP contribution in [0.4, 0.5) is 0 Å². The first-order valence-electron chi connectivity index (χ1n) is 7.00. The van der Waals surface area contributed by atoms with E-state index in [1.807, 2.05) is 39.4 Å². The van der Waals surface area contributed by atoms with Crippen molar-refractivity contribution in [1.29, 1.82) is 0 Å². The van der Waals surface area contributed by atoms with Gasteiger partial charge < -0.3 is 5.32 Å². The van der Waals surface area contributed by atoms with Gasteiger partial charge in [-0.2, -0.15) is 0 Å². The number of fused-ring (bicyclic) bond motifs is 1. The summed E-state index contributed by atoms with van der Waals surface area (Å²) < 4.78 is 0. The predicted molar refractivity (Wildman–Crippen MR) is 84.2 cm³/mol. The van der Waals surface area contributed by atoms with Gasteiger partial charge in [0.2, 0.25) is 0 Å². The molecule has 1 N–H and O–H groups in total. The van der Waals surface area contributed by atoms with Gasteiger partial charge in [-0.3, -0.25) is 4.98 Å². The van der Waals surface area contributed by atoms with E-state index in [2.05, 4.69) is 44.5 Å². The maximum absolute atomic E-state index is 4.53. The molecule has 0 spiro atoms. The van der Waals surface area contributed by atoms with Crippen molar-refractivity contribution in [1.82, 2.24) is 20.3 Å². The Morgan fingerprint density at radius 2 is 1.76 bits per heavy atom. The Kier molecular flexibility index (Phi) is 3.62. The molecule has 0 radical (unpaired) electrons. The summed E-state index contributed by atoms with van der Waals surface area (Å²) in [6.07, 6.45) is 3.69. The highest BCUT2D eigenvalue weighted by molar-refractivity contribution is 5.79. The summed E-state index contributed by atoms with van der Waals surface area (Å²) in [5.41, 5.74) is 4.24. The zero-order valence-corrected chi connectivity index (χ0v) is 12.5. The van der Waals surface area contributed by atoms with E-state index in [-0.39, 0.29) is 6.04 Å². The summed E-state index contributed by atoms with van der Waals surface area (Å²) >= 11 is 0. The summed E-state index contributed by atoms with van der Waals surface area (Å²) in [4.78, 5) is 13.4. The lowest BCUT2D eigenvalue weighted by Crippen LogP contribution is -2.20. The van der Waals surface area contributed by atoms with Crippen molar-refractivity contribution >= 4 is 10.9 Å². The summed E-state index contributed by atoms with van der Waals surface area (Å²) in [5.74, 6) is 0.780. The molecule has 1 atom stereocenters. The fraction of sp³-hybridized carbons (Fsp3) is 0.235. The summed E-state index contributed by atoms with van der Waals surface area (Å²) in [6.45, 7) is 3.99. The van der Waals surface area contributed by atoms with Crippen molar-refractivity contribution < 1.29 is 0 Å². The third-order valence-corrected chi connectivity index (χ3v) is 3.53. The number of hydrogen-bond acceptors (Lipinski definition) is 4. The molecule has 0 aliphatic rings. The van der Waals surface area contributed by atoms with Crippen LogP contribution in [-0.4, -0.2) is 22.0 Å². The van der Waals surface area contributed by atoms with Crippen LogP contribution in [0.5, 0.6) is 0 Å². The smallest absolute Gasteiger partial charge is 0.149 e. The van der Waals surface area contributed by atoms with Gasteiger partial charge in [0.25, 0.3) is 0 Å². The van der Waals surface area contributed by atoms with E-state index in [0.717, 1.165) is 33.5 Å². The highest BCUT2D eigenvalue weighted by Crippen LogP contribution is 2.22. The zero-order valence-electron chi connectivity index (χ0n) is 12.5. The highest BCUT2D eigenvalue weighted by Gasteiger charge is 2.15. The van der Waals surface area contributed by atoms with Crippen LogP contribution in [0.15, 0.2) is 42.7 Å². The van der Waals surface area contributed by atoms with Crippen molar-refractivity contribution in [3.8, 4) is 0 Å². The van der Waals surface area contributed by atoms with Crippen LogP contribution >= 0.6 is 0 Å². The van der Waals surface area contributed by atoms with Crippen molar-refractivity contribution in [2.75, 3.05) is 7.05 Å². The average Bonchev–Trinajstić information content (AvgIpc) is 2.50. The third-order valence-electron chi connectivity index (χ3n) is 3.53. The molecule has 0 saturated heterocycles. The number of rotatable bonds is 3. The number of benzene rings is 1. The molecule has 106 valence electrons. The van der Waals surface area contributed by atoms with Gasteiger partial charge in [0, 0.05) is 23.5 Å². The minimum Gasteiger partial charge on any atom is -0.307 e. The van der Waals surface area contributed by atoms with Crippen LogP contribution in [0.1, 0.15) is 28.7 Å². The maximum atomic E-state index is 4.53. The normalized spacial score (nSPS) is 12.5. The first-order chi connectivity index (χ1) is 10.2. The molecule has 1 unspecified atom stereocenters. The lowest BCUT2D eigenvalue weighted by Gasteiger charge is -2.16. The van der Waals surface area contributed by atoms with Gasteiger partial charge >= 0.3 is 0 Å². The Balaban J connectivity index is 2.04. The molecule has 1 aromatic carbocycles. The molecule has 3 rings (SSSR count). The second-order valence-electron chi connectivity index (χ2n) is 5.25. The number of aryl methyl sites for hydroxylation is 2. The van der Waals surface area contributed by atoms with E-state index >= 15 is 0 Å². The molecule has 4 nitrogen and oxygen atoms in total. The molecule has 2 heterocycles. The van der Waals surface area contributed by atoms with Gasteiger partial charge in [-0.15, -0.1) is 0 Å². The predicted octanol–water partition coefficient (Wildman–Crippen LogP) is 2.95. The molecule has 0 bridgehead atoms. The third kappa shape index (κ3) is 2.76. The second kappa shape index (κ2) is 5.58. The van der Waals surface area contributed by atoms with Crippen LogP contribution in [0, 0.1) is 13.8 Å². The minimum absolute atomic E-state index is 0.0173. The van der Waals surface area contributed by atoms with E-state index in [1.165, 1.54) is 0 Å². The topological polar surface area (TPSA) is 50.7 Å². The van der Waals surface area contributed by atoms with Crippen LogP contribution in [0.25, 0.3) is 10.9 Å². The molecule has 21 heavy (non-hydrogen) atoms. The highest BCUT2D eigenvalue weighted by atomic mass is 15.0. The van der Waals surface area contributed by atoms with E-state index in [4.69, 9.17) is 0 Å². The van der Waals surface area contributed by atoms with Gasteiger partial charge in [-0.1, -0.05) is 12.1 Å². The molecule has 4 heteroatoms. The van der Waals surface area contributed by atoms with E-state index in [9.17, 15) is 0 Å². The molecular weight excluding hydrogens is 260 g/mol. The Morgan fingerprint density at radius 1 is 1.00 bits per heavy atom. The van der Waals surface area contributed by atoms with Gasteiger partial charge in [-0.25, -0.2) is 9.97 Å². The van der Waals surface area contributed by atoms with Crippen LogP contribution < -0.4 is 5.32 Å². The van der Waals surface area contributed by atoms with Crippen LogP contribution in [0.2, 0.25) is 0 Å². The number of nitrogens with zero attached hydrogens (tertiary/aromatic N) is 3. The van der Waals surface area contributed by atoms with Crippen molar-refractivity contribution in [2.45, 2.75) is 19.9 Å². The molecule has 0 fully saturated rings. The Labute approximate surface area is 124 Å². The van der Waals surface area contributed by atoms with E-state index < -0.39 is 0 Å². The molecule has 0 aliphatic heterocycles. The number of pyridine rings is 1. The van der Waals surface area contributed by atoms with Crippen LogP contribution in [0.3, 0.4) is 0 Å². The lowest BCUT2D eigenvalue weighted by atomic mass is 10.0. The molecule has 0 aliphatic carbocycles. The fourth-order valence-corrected chi connectivity index (χ4v) is 2.42. The molecule has 0 saturated carbocycles. The molecular formula is C17H18N4. The monoisotopic (exact) mass is 278 g/mol. The molecule has 3 aromatic rings. The van der Waals surface area contributed by atoms with Crippen LogP contribution in [-0.2, 0) is 0 Å². The van der Waals surface area contributed by atoms with E-state index in [0.29, 0.717) is 0 Å². The molecule has 0 amide bonds. The van der Waals surface area contributed by atoms with Crippen molar-refractivity contribution in [2.24, 2.45) is 0 Å². The summed E-state index contributed by atoms with van der Waals surface area (Å²) in [5, 5.41) is 4.41. The van der Waals surface area contributed by atoms with Gasteiger partial charge in [0.1, 0.15) is 5.82 Å². The van der Waals surface area contributed by atoms with Gasteiger partial charge in [0.05, 0.1) is 11.6 Å². The first kappa shape index (κ1) is 13.6. The van der Waals surface area contributed by atoms with Gasteiger partial charge in [0.15, 0.2) is 0 Å². The standard InChI is InChI=1S/C17H18N4/c1-11-9-19-17(20-10-11)16(18-3)14-6-7-15-13(8-14)5-4-12(2)21-15/h4-10,16,18H,1-3H3.